The van der Waals surface area contributed by atoms with Crippen molar-refractivity contribution in [1.82, 2.24) is 4.90 Å². The Morgan fingerprint density at radius 2 is 1.73 bits per heavy atom. The molecule has 0 unspecified atom stereocenters. The standard InChI is InChI=1S/C8H15NO2/c1-7(10)4-5-8(11)6-9(2)3/h4-6H2,1-3H3. The van der Waals surface area contributed by atoms with Crippen LogP contribution in [0.5, 0.6) is 0 Å². The van der Waals surface area contributed by atoms with E-state index in [-0.39, 0.29) is 11.6 Å². The van der Waals surface area contributed by atoms with Crippen molar-refractivity contribution in [1.29, 1.82) is 0 Å². The third kappa shape index (κ3) is 7.19. The number of likely N-dealkylation sites (N-methyl/N-ethyl adjacent to an activating group) is 1. The van der Waals surface area contributed by atoms with E-state index in [1.807, 2.05) is 19.0 Å². The Labute approximate surface area is 67.4 Å². The van der Waals surface area contributed by atoms with E-state index in [4.69, 9.17) is 0 Å². The Morgan fingerprint density at radius 1 is 1.18 bits per heavy atom. The van der Waals surface area contributed by atoms with Gasteiger partial charge in [-0.15, -0.1) is 0 Å². The summed E-state index contributed by atoms with van der Waals surface area (Å²) in [6.45, 7) is 1.94. The lowest BCUT2D eigenvalue weighted by atomic mass is 10.2. The lowest BCUT2D eigenvalue weighted by Crippen LogP contribution is -2.21. The summed E-state index contributed by atoms with van der Waals surface area (Å²) < 4.78 is 0. The number of carbonyl (C=O) groups is 2. The van der Waals surface area contributed by atoms with E-state index >= 15 is 0 Å². The molecule has 3 nitrogen and oxygen atoms in total. The van der Waals surface area contributed by atoms with Crippen LogP contribution in [0.1, 0.15) is 19.8 Å². The van der Waals surface area contributed by atoms with Crippen molar-refractivity contribution >= 4 is 11.6 Å². The minimum atomic E-state index is 0.0807. The van der Waals surface area contributed by atoms with Crippen LogP contribution in [0.15, 0.2) is 0 Å². The van der Waals surface area contributed by atoms with Crippen molar-refractivity contribution in [2.45, 2.75) is 19.8 Å². The third-order valence-corrected chi connectivity index (χ3v) is 1.25. The van der Waals surface area contributed by atoms with Crippen LogP contribution in [0.25, 0.3) is 0 Å². The van der Waals surface area contributed by atoms with E-state index in [0.717, 1.165) is 0 Å². The molecule has 0 aromatic rings. The van der Waals surface area contributed by atoms with Gasteiger partial charge in [0.15, 0.2) is 0 Å². The largest absolute Gasteiger partial charge is 0.302 e. The number of Topliss-reactive ketones (excluding diaryl/α,β-unsaturated/α-hetero) is 2. The molecular weight excluding hydrogens is 142 g/mol. The Bertz CT molecular complexity index is 152. The number of carbonyl (C=O) groups excluding carboxylic acids is 2. The molecule has 0 aliphatic heterocycles. The van der Waals surface area contributed by atoms with Crippen LogP contribution in [0, 0.1) is 0 Å². The first-order valence-corrected chi connectivity index (χ1v) is 3.68. The van der Waals surface area contributed by atoms with E-state index in [1.165, 1.54) is 6.92 Å². The van der Waals surface area contributed by atoms with Gasteiger partial charge in [0.05, 0.1) is 6.54 Å². The Kier molecular flexibility index (Phi) is 4.70. The Balaban J connectivity index is 3.45. The lowest BCUT2D eigenvalue weighted by Gasteiger charge is -2.06. The first-order valence-electron chi connectivity index (χ1n) is 3.68. The van der Waals surface area contributed by atoms with Crippen LogP contribution < -0.4 is 0 Å². The summed E-state index contributed by atoms with van der Waals surface area (Å²) in [5.74, 6) is 0.210. The van der Waals surface area contributed by atoms with E-state index in [0.29, 0.717) is 19.4 Å². The fourth-order valence-corrected chi connectivity index (χ4v) is 0.747. The van der Waals surface area contributed by atoms with Crippen LogP contribution in [0.2, 0.25) is 0 Å². The maximum absolute atomic E-state index is 11.0. The summed E-state index contributed by atoms with van der Waals surface area (Å²) in [5.41, 5.74) is 0. The molecule has 0 N–H and O–H groups in total. The highest BCUT2D eigenvalue weighted by Crippen LogP contribution is 1.92. The number of hydrogen-bond acceptors (Lipinski definition) is 3. The fourth-order valence-electron chi connectivity index (χ4n) is 0.747. The predicted molar refractivity (Wildman–Crippen MR) is 43.5 cm³/mol. The van der Waals surface area contributed by atoms with Crippen molar-refractivity contribution in [2.75, 3.05) is 20.6 Å². The van der Waals surface area contributed by atoms with Gasteiger partial charge in [-0.25, -0.2) is 0 Å². The molecule has 0 amide bonds. The first kappa shape index (κ1) is 10.3. The van der Waals surface area contributed by atoms with Gasteiger partial charge < -0.3 is 9.69 Å². The van der Waals surface area contributed by atoms with Gasteiger partial charge in [-0.3, -0.25) is 4.79 Å². The molecule has 0 heterocycles. The molecule has 0 aliphatic rings. The summed E-state index contributed by atoms with van der Waals surface area (Å²) >= 11 is 0. The van der Waals surface area contributed by atoms with Crippen LogP contribution >= 0.6 is 0 Å². The normalized spacial score (nSPS) is 10.2. The van der Waals surface area contributed by atoms with Gasteiger partial charge in [0.2, 0.25) is 0 Å². The highest BCUT2D eigenvalue weighted by Gasteiger charge is 2.04. The van der Waals surface area contributed by atoms with Gasteiger partial charge in [-0.05, 0) is 21.0 Å². The molecule has 0 aliphatic carbocycles. The quantitative estimate of drug-likeness (QED) is 0.582. The monoisotopic (exact) mass is 157 g/mol. The van der Waals surface area contributed by atoms with Gasteiger partial charge in [-0.1, -0.05) is 0 Å². The van der Waals surface area contributed by atoms with Gasteiger partial charge in [0.25, 0.3) is 0 Å². The number of hydrogen-bond donors (Lipinski definition) is 0. The third-order valence-electron chi connectivity index (χ3n) is 1.25. The maximum Gasteiger partial charge on any atom is 0.147 e. The second-order valence-electron chi connectivity index (χ2n) is 2.98. The van der Waals surface area contributed by atoms with Crippen molar-refractivity contribution < 1.29 is 9.59 Å². The molecule has 0 atom stereocenters. The SMILES string of the molecule is CC(=O)CCC(=O)CN(C)C. The van der Waals surface area contributed by atoms with Crippen LogP contribution in [0.3, 0.4) is 0 Å². The summed E-state index contributed by atoms with van der Waals surface area (Å²) in [6.07, 6.45) is 0.764. The molecule has 0 saturated carbocycles. The van der Waals surface area contributed by atoms with Crippen molar-refractivity contribution in [3.8, 4) is 0 Å². The summed E-state index contributed by atoms with van der Waals surface area (Å²) in [4.78, 5) is 23.2. The number of rotatable bonds is 5. The Morgan fingerprint density at radius 3 is 2.09 bits per heavy atom. The summed E-state index contributed by atoms with van der Waals surface area (Å²) in [7, 11) is 3.68. The molecule has 0 fully saturated rings. The fraction of sp³-hybridized carbons (Fsp3) is 0.750. The molecule has 11 heavy (non-hydrogen) atoms. The molecule has 3 heteroatoms. The van der Waals surface area contributed by atoms with Crippen LogP contribution in [-0.4, -0.2) is 37.1 Å². The minimum absolute atomic E-state index is 0.0807. The first-order chi connectivity index (χ1) is 5.02. The molecular formula is C8H15NO2. The minimum Gasteiger partial charge on any atom is -0.302 e. The predicted octanol–water partition coefficient (Wildman–Crippen LogP) is 0.486. The highest BCUT2D eigenvalue weighted by molar-refractivity contribution is 5.85. The Hall–Kier alpha value is -0.700. The van der Waals surface area contributed by atoms with Gasteiger partial charge in [-0.2, -0.15) is 0 Å². The topological polar surface area (TPSA) is 37.4 Å². The van der Waals surface area contributed by atoms with E-state index in [2.05, 4.69) is 0 Å². The van der Waals surface area contributed by atoms with Crippen molar-refractivity contribution in [2.24, 2.45) is 0 Å². The molecule has 0 saturated heterocycles. The van der Waals surface area contributed by atoms with E-state index in [9.17, 15) is 9.59 Å². The summed E-state index contributed by atoms with van der Waals surface area (Å²) in [5, 5.41) is 0. The van der Waals surface area contributed by atoms with Crippen molar-refractivity contribution in [3.05, 3.63) is 0 Å². The van der Waals surface area contributed by atoms with E-state index < -0.39 is 0 Å². The van der Waals surface area contributed by atoms with Crippen molar-refractivity contribution in [3.63, 3.8) is 0 Å². The number of nitrogens with zero attached hydrogens (tertiary/aromatic N) is 1. The number of ketones is 2. The molecule has 64 valence electrons. The molecule has 0 aromatic carbocycles. The average molecular weight is 157 g/mol. The van der Waals surface area contributed by atoms with Gasteiger partial charge in [0, 0.05) is 12.8 Å². The second-order valence-corrected chi connectivity index (χ2v) is 2.98. The molecule has 0 spiro atoms. The smallest absolute Gasteiger partial charge is 0.147 e. The maximum atomic E-state index is 11.0. The van der Waals surface area contributed by atoms with Crippen LogP contribution in [0.4, 0.5) is 0 Å². The second kappa shape index (κ2) is 5.02. The van der Waals surface area contributed by atoms with E-state index in [1.54, 1.807) is 0 Å². The molecule has 0 bridgehead atoms. The highest BCUT2D eigenvalue weighted by atomic mass is 16.1. The zero-order valence-electron chi connectivity index (χ0n) is 7.39. The summed E-state index contributed by atoms with van der Waals surface area (Å²) in [6, 6.07) is 0. The molecule has 0 aromatic heterocycles. The van der Waals surface area contributed by atoms with Gasteiger partial charge in [0.1, 0.15) is 11.6 Å². The zero-order valence-corrected chi connectivity index (χ0v) is 7.39. The lowest BCUT2D eigenvalue weighted by molar-refractivity contribution is -0.123. The van der Waals surface area contributed by atoms with Gasteiger partial charge >= 0.3 is 0 Å². The molecule has 0 rings (SSSR count). The van der Waals surface area contributed by atoms with Crippen LogP contribution in [-0.2, 0) is 9.59 Å². The average Bonchev–Trinajstić information content (AvgIpc) is 1.82. The zero-order chi connectivity index (χ0) is 8.85. The molecule has 0 radical (unpaired) electrons.